The van der Waals surface area contributed by atoms with E-state index in [1.54, 1.807) is 14.0 Å². The highest BCUT2D eigenvalue weighted by molar-refractivity contribution is 6.29. The van der Waals surface area contributed by atoms with Gasteiger partial charge in [0.05, 0.1) is 11.5 Å². The maximum atomic E-state index is 11.9. The molecule has 8 nitrogen and oxygen atoms in total. The van der Waals surface area contributed by atoms with Crippen LogP contribution in [0.1, 0.15) is 17.3 Å². The van der Waals surface area contributed by atoms with E-state index in [0.29, 0.717) is 6.54 Å². The van der Waals surface area contributed by atoms with E-state index in [-0.39, 0.29) is 23.2 Å². The lowest BCUT2D eigenvalue weighted by Crippen LogP contribution is -2.38. The summed E-state index contributed by atoms with van der Waals surface area (Å²) in [6, 6.07) is 1.09. The van der Waals surface area contributed by atoms with Crippen LogP contribution in [0.4, 0.5) is 5.69 Å². The molecule has 0 fully saturated rings. The van der Waals surface area contributed by atoms with Gasteiger partial charge in [-0.05, 0) is 13.0 Å². The average molecular weight is 301 g/mol. The average Bonchev–Trinajstić information content (AvgIpc) is 2.42. The molecule has 0 spiro atoms. The molecule has 1 aromatic heterocycles. The van der Waals surface area contributed by atoms with Crippen LogP contribution < -0.4 is 5.32 Å². The van der Waals surface area contributed by atoms with Gasteiger partial charge in [-0.2, -0.15) is 0 Å². The van der Waals surface area contributed by atoms with Crippen molar-refractivity contribution in [1.82, 2.24) is 15.2 Å². The molecule has 20 heavy (non-hydrogen) atoms. The fourth-order valence-electron chi connectivity index (χ4n) is 1.31. The van der Waals surface area contributed by atoms with E-state index in [0.717, 1.165) is 12.3 Å². The summed E-state index contributed by atoms with van der Waals surface area (Å²) in [5, 5.41) is 13.1. The van der Waals surface area contributed by atoms with Gasteiger partial charge in [-0.25, -0.2) is 4.98 Å². The largest absolute Gasteiger partial charge is 0.345 e. The molecule has 0 aliphatic carbocycles. The summed E-state index contributed by atoms with van der Waals surface area (Å²) < 4.78 is 0. The van der Waals surface area contributed by atoms with Gasteiger partial charge in [-0.3, -0.25) is 19.7 Å². The number of aromatic nitrogens is 1. The molecule has 1 aromatic rings. The number of nitrogens with one attached hydrogen (secondary N) is 1. The van der Waals surface area contributed by atoms with E-state index in [9.17, 15) is 19.7 Å². The molecule has 2 amide bonds. The molecule has 1 heterocycles. The summed E-state index contributed by atoms with van der Waals surface area (Å²) in [6.07, 6.45) is 0.900. The van der Waals surface area contributed by atoms with E-state index in [1.807, 2.05) is 0 Å². The minimum Gasteiger partial charge on any atom is -0.345 e. The van der Waals surface area contributed by atoms with Crippen LogP contribution in [0.15, 0.2) is 12.3 Å². The Morgan fingerprint density at radius 3 is 2.75 bits per heavy atom. The zero-order valence-corrected chi connectivity index (χ0v) is 11.7. The van der Waals surface area contributed by atoms with Crippen LogP contribution in [0.5, 0.6) is 0 Å². The van der Waals surface area contributed by atoms with Crippen molar-refractivity contribution in [2.45, 2.75) is 6.92 Å². The summed E-state index contributed by atoms with van der Waals surface area (Å²) in [4.78, 5) is 38.4. The lowest BCUT2D eigenvalue weighted by Gasteiger charge is -2.14. The van der Waals surface area contributed by atoms with E-state index in [2.05, 4.69) is 10.3 Å². The van der Waals surface area contributed by atoms with Crippen molar-refractivity contribution in [2.75, 3.05) is 20.1 Å². The first-order valence-electron chi connectivity index (χ1n) is 5.69. The van der Waals surface area contributed by atoms with Crippen molar-refractivity contribution < 1.29 is 14.5 Å². The number of nitro groups is 1. The molecule has 0 atom stereocenters. The maximum absolute atomic E-state index is 11.9. The quantitative estimate of drug-likeness (QED) is 0.493. The Hall–Kier alpha value is -2.22. The third-order valence-electron chi connectivity index (χ3n) is 2.59. The van der Waals surface area contributed by atoms with E-state index >= 15 is 0 Å². The van der Waals surface area contributed by atoms with Crippen LogP contribution in [0, 0.1) is 10.1 Å². The van der Waals surface area contributed by atoms with Crippen molar-refractivity contribution in [3.63, 3.8) is 0 Å². The molecule has 1 rings (SSSR count). The summed E-state index contributed by atoms with van der Waals surface area (Å²) in [5.74, 6) is -1.05. The highest BCUT2D eigenvalue weighted by Gasteiger charge is 2.22. The zero-order chi connectivity index (χ0) is 15.3. The Morgan fingerprint density at radius 2 is 2.20 bits per heavy atom. The van der Waals surface area contributed by atoms with E-state index < -0.39 is 16.5 Å². The third kappa shape index (κ3) is 3.89. The molecular weight excluding hydrogens is 288 g/mol. The monoisotopic (exact) mass is 300 g/mol. The van der Waals surface area contributed by atoms with E-state index in [1.165, 1.54) is 4.90 Å². The Labute approximate surface area is 119 Å². The van der Waals surface area contributed by atoms with Gasteiger partial charge >= 0.3 is 0 Å². The molecular formula is C11H13ClN4O4. The maximum Gasteiger partial charge on any atom is 0.300 e. The lowest BCUT2D eigenvalue weighted by molar-refractivity contribution is -0.385. The highest BCUT2D eigenvalue weighted by atomic mass is 35.5. The number of nitrogens with zero attached hydrogens (tertiary/aromatic N) is 3. The zero-order valence-electron chi connectivity index (χ0n) is 10.9. The second kappa shape index (κ2) is 6.80. The second-order valence-corrected chi connectivity index (χ2v) is 4.26. The van der Waals surface area contributed by atoms with Gasteiger partial charge < -0.3 is 10.2 Å². The van der Waals surface area contributed by atoms with Crippen molar-refractivity contribution >= 4 is 29.1 Å². The molecule has 0 aliphatic rings. The predicted molar refractivity (Wildman–Crippen MR) is 71.5 cm³/mol. The van der Waals surface area contributed by atoms with Crippen LogP contribution in [-0.2, 0) is 4.79 Å². The Bertz CT molecular complexity index is 549. The SMILES string of the molecule is CCN(C)C(=O)CNC(=O)c1cc(Cl)ncc1[N+](=O)[O-]. The number of amides is 2. The molecule has 0 saturated heterocycles. The summed E-state index contributed by atoms with van der Waals surface area (Å²) >= 11 is 5.61. The Balaban J connectivity index is 2.85. The number of pyridine rings is 1. The first-order valence-corrected chi connectivity index (χ1v) is 6.06. The third-order valence-corrected chi connectivity index (χ3v) is 2.80. The fraction of sp³-hybridized carbons (Fsp3) is 0.364. The minimum absolute atomic E-state index is 0.0437. The fourth-order valence-corrected chi connectivity index (χ4v) is 1.47. The molecule has 0 saturated carbocycles. The van der Waals surface area contributed by atoms with Crippen LogP contribution in [-0.4, -0.2) is 46.8 Å². The van der Waals surface area contributed by atoms with Gasteiger partial charge in [0.1, 0.15) is 16.9 Å². The molecule has 0 bridgehead atoms. The Kier molecular flexibility index (Phi) is 5.39. The van der Waals surface area contributed by atoms with Crippen LogP contribution in [0.25, 0.3) is 0 Å². The van der Waals surface area contributed by atoms with Crippen molar-refractivity contribution in [3.05, 3.63) is 33.1 Å². The summed E-state index contributed by atoms with van der Waals surface area (Å²) in [7, 11) is 1.58. The van der Waals surface area contributed by atoms with Crippen molar-refractivity contribution in [3.8, 4) is 0 Å². The Morgan fingerprint density at radius 1 is 1.55 bits per heavy atom. The number of hydrogen-bond acceptors (Lipinski definition) is 5. The molecule has 1 N–H and O–H groups in total. The standard InChI is InChI=1S/C11H13ClN4O4/c1-3-15(2)10(17)6-14-11(18)7-4-9(12)13-5-8(7)16(19)20/h4-5H,3,6H2,1-2H3,(H,14,18). The van der Waals surface area contributed by atoms with Crippen molar-refractivity contribution in [1.29, 1.82) is 0 Å². The number of likely N-dealkylation sites (N-methyl/N-ethyl adjacent to an activating group) is 1. The molecule has 0 aliphatic heterocycles. The molecule has 0 radical (unpaired) electrons. The smallest absolute Gasteiger partial charge is 0.300 e. The molecule has 9 heteroatoms. The number of halogens is 1. The molecule has 108 valence electrons. The van der Waals surface area contributed by atoms with Gasteiger partial charge in [0.15, 0.2) is 0 Å². The normalized spacial score (nSPS) is 9.95. The predicted octanol–water partition coefficient (Wildman–Crippen LogP) is 0.851. The lowest BCUT2D eigenvalue weighted by atomic mass is 10.2. The summed E-state index contributed by atoms with van der Waals surface area (Å²) in [5.41, 5.74) is -0.704. The van der Waals surface area contributed by atoms with Crippen molar-refractivity contribution in [2.24, 2.45) is 0 Å². The minimum atomic E-state index is -0.751. The first kappa shape index (κ1) is 15.8. The summed E-state index contributed by atoms with van der Waals surface area (Å²) in [6.45, 7) is 2.03. The molecule has 0 unspecified atom stereocenters. The number of rotatable bonds is 5. The first-order chi connectivity index (χ1) is 9.36. The second-order valence-electron chi connectivity index (χ2n) is 3.87. The van der Waals surface area contributed by atoms with E-state index in [4.69, 9.17) is 11.6 Å². The van der Waals surface area contributed by atoms with Crippen LogP contribution in [0.3, 0.4) is 0 Å². The van der Waals surface area contributed by atoms with Gasteiger partial charge in [-0.1, -0.05) is 11.6 Å². The number of carbonyl (C=O) groups is 2. The van der Waals surface area contributed by atoms with Gasteiger partial charge in [0, 0.05) is 13.6 Å². The van der Waals surface area contributed by atoms with Crippen LogP contribution >= 0.6 is 11.6 Å². The number of hydrogen-bond donors (Lipinski definition) is 1. The van der Waals surface area contributed by atoms with Gasteiger partial charge in [-0.15, -0.1) is 0 Å². The van der Waals surface area contributed by atoms with Gasteiger partial charge in [0.2, 0.25) is 5.91 Å². The number of carbonyl (C=O) groups excluding carboxylic acids is 2. The van der Waals surface area contributed by atoms with Crippen LogP contribution in [0.2, 0.25) is 5.15 Å². The van der Waals surface area contributed by atoms with Gasteiger partial charge in [0.25, 0.3) is 11.6 Å². The highest BCUT2D eigenvalue weighted by Crippen LogP contribution is 2.19. The molecule has 0 aromatic carbocycles. The topological polar surface area (TPSA) is 105 Å².